The van der Waals surface area contributed by atoms with Gasteiger partial charge in [0.2, 0.25) is 5.96 Å². The lowest BCUT2D eigenvalue weighted by atomic mass is 9.57. The van der Waals surface area contributed by atoms with Crippen molar-refractivity contribution in [1.29, 1.82) is 5.41 Å². The van der Waals surface area contributed by atoms with E-state index in [1.807, 2.05) is 6.92 Å². The number of nitrogens with one attached hydrogen (secondary N) is 2. The first-order valence-corrected chi connectivity index (χ1v) is 10.4. The molecule has 3 rings (SSSR count). The number of guanidine groups is 1. The molecule has 0 radical (unpaired) electrons. The highest BCUT2D eigenvalue weighted by Crippen LogP contribution is 2.61. The Bertz CT molecular complexity index is 581. The molecule has 5 heteroatoms. The molecule has 0 amide bonds. The number of nitrogens with two attached hydrogens (primary N) is 1. The number of hydrazone groups is 1. The van der Waals surface area contributed by atoms with Gasteiger partial charge in [-0.2, -0.15) is 5.10 Å². The molecule has 3 aliphatic carbocycles. The molecule has 0 saturated heterocycles. The summed E-state index contributed by atoms with van der Waals surface area (Å²) in [4.78, 5) is 0. The zero-order valence-electron chi connectivity index (χ0n) is 16.4. The number of fused-ring (bicyclic) bond motifs is 1. The highest BCUT2D eigenvalue weighted by atomic mass is 16.3. The summed E-state index contributed by atoms with van der Waals surface area (Å²) < 4.78 is 0. The first-order valence-electron chi connectivity index (χ1n) is 10.4. The lowest BCUT2D eigenvalue weighted by Crippen LogP contribution is -2.50. The maximum absolute atomic E-state index is 11.6. The molecule has 0 heterocycles. The second-order valence-electron chi connectivity index (χ2n) is 9.19. The van der Waals surface area contributed by atoms with E-state index in [9.17, 15) is 5.11 Å². The van der Waals surface area contributed by atoms with Crippen LogP contribution in [0.5, 0.6) is 0 Å². The van der Waals surface area contributed by atoms with Crippen LogP contribution in [0.4, 0.5) is 0 Å². The van der Waals surface area contributed by atoms with Gasteiger partial charge in [-0.15, -0.1) is 0 Å². The third-order valence-electron chi connectivity index (χ3n) is 7.62. The Hall–Kier alpha value is -1.36. The monoisotopic (exact) mass is 360 g/mol. The van der Waals surface area contributed by atoms with Crippen LogP contribution in [0.1, 0.15) is 78.1 Å². The fraction of sp³-hybridized carbons (Fsp3) is 0.810. The third-order valence-corrected chi connectivity index (χ3v) is 7.62. The second-order valence-corrected chi connectivity index (χ2v) is 9.19. The zero-order chi connectivity index (χ0) is 18.8. The largest absolute Gasteiger partial charge is 0.389 e. The lowest BCUT2D eigenvalue weighted by Gasteiger charge is -2.51. The van der Waals surface area contributed by atoms with Gasteiger partial charge in [0.1, 0.15) is 0 Å². The first-order chi connectivity index (χ1) is 12.3. The topological polar surface area (TPSA) is 94.5 Å². The highest BCUT2D eigenvalue weighted by Gasteiger charge is 2.58. The van der Waals surface area contributed by atoms with E-state index >= 15 is 0 Å². The minimum atomic E-state index is -0.510. The van der Waals surface area contributed by atoms with Crippen molar-refractivity contribution in [1.82, 2.24) is 5.43 Å². The standard InChI is InChI=1S/C21H36N4O/c1-15(14-24-25-19(22)23)12-18-9-11-21(26)13-17(8-10-20(18,21)2)16-6-4-3-5-7-16/h12,14,16-18,26H,3-11,13H2,1-2H3,(H4,22,23,25)/b15-12?,24-14+/t17-,18+,20+,21-/m0/s1. The van der Waals surface area contributed by atoms with E-state index in [0.717, 1.165) is 43.1 Å². The Morgan fingerprint density at radius 1 is 1.15 bits per heavy atom. The van der Waals surface area contributed by atoms with Crippen LogP contribution in [0.3, 0.4) is 0 Å². The summed E-state index contributed by atoms with van der Waals surface area (Å²) >= 11 is 0. The van der Waals surface area contributed by atoms with E-state index in [4.69, 9.17) is 11.1 Å². The van der Waals surface area contributed by atoms with Gasteiger partial charge in [-0.25, -0.2) is 5.43 Å². The normalized spacial score (nSPS) is 39.1. The average molecular weight is 361 g/mol. The molecule has 0 aromatic heterocycles. The van der Waals surface area contributed by atoms with E-state index in [1.165, 1.54) is 38.5 Å². The summed E-state index contributed by atoms with van der Waals surface area (Å²) in [7, 11) is 0. The summed E-state index contributed by atoms with van der Waals surface area (Å²) in [6, 6.07) is 0. The van der Waals surface area contributed by atoms with Crippen LogP contribution >= 0.6 is 0 Å². The Labute approximate surface area is 158 Å². The molecule has 5 N–H and O–H groups in total. The van der Waals surface area contributed by atoms with E-state index in [2.05, 4.69) is 23.5 Å². The lowest BCUT2D eigenvalue weighted by molar-refractivity contribution is -0.117. The second kappa shape index (κ2) is 7.71. The fourth-order valence-electron chi connectivity index (χ4n) is 5.96. The molecule has 5 nitrogen and oxygen atoms in total. The summed E-state index contributed by atoms with van der Waals surface area (Å²) in [5.41, 5.74) is 8.23. The summed E-state index contributed by atoms with van der Waals surface area (Å²) in [6.07, 6.45) is 16.3. The number of hydrogen-bond acceptors (Lipinski definition) is 3. The average Bonchev–Trinajstić information content (AvgIpc) is 2.86. The molecule has 0 aromatic rings. The number of allylic oxidation sites excluding steroid dienone is 2. The summed E-state index contributed by atoms with van der Waals surface area (Å²) in [6.45, 7) is 4.33. The molecule has 0 aliphatic heterocycles. The van der Waals surface area contributed by atoms with Crippen LogP contribution in [-0.4, -0.2) is 22.9 Å². The number of rotatable bonds is 4. The van der Waals surface area contributed by atoms with Gasteiger partial charge in [-0.1, -0.05) is 45.1 Å². The van der Waals surface area contributed by atoms with E-state index in [0.29, 0.717) is 5.92 Å². The van der Waals surface area contributed by atoms with E-state index in [-0.39, 0.29) is 11.4 Å². The van der Waals surface area contributed by atoms with Crippen LogP contribution in [0, 0.1) is 28.6 Å². The first kappa shape index (κ1) is 19.4. The van der Waals surface area contributed by atoms with E-state index < -0.39 is 5.60 Å². The van der Waals surface area contributed by atoms with Crippen molar-refractivity contribution in [3.05, 3.63) is 11.6 Å². The van der Waals surface area contributed by atoms with Crippen LogP contribution in [-0.2, 0) is 0 Å². The minimum absolute atomic E-state index is 0.0265. The van der Waals surface area contributed by atoms with Crippen molar-refractivity contribution in [2.45, 2.75) is 83.7 Å². The van der Waals surface area contributed by atoms with Crippen molar-refractivity contribution in [2.75, 3.05) is 0 Å². The Morgan fingerprint density at radius 3 is 2.58 bits per heavy atom. The number of hydrogen-bond donors (Lipinski definition) is 4. The van der Waals surface area contributed by atoms with Gasteiger partial charge in [0.15, 0.2) is 0 Å². The van der Waals surface area contributed by atoms with Gasteiger partial charge in [0.05, 0.1) is 5.60 Å². The Morgan fingerprint density at radius 2 is 1.88 bits per heavy atom. The quantitative estimate of drug-likeness (QED) is 0.347. The maximum atomic E-state index is 11.6. The molecule has 0 unspecified atom stereocenters. The van der Waals surface area contributed by atoms with Crippen LogP contribution in [0.15, 0.2) is 16.8 Å². The predicted octanol–water partition coefficient (Wildman–Crippen LogP) is 3.93. The zero-order valence-corrected chi connectivity index (χ0v) is 16.4. The van der Waals surface area contributed by atoms with Gasteiger partial charge in [0, 0.05) is 11.6 Å². The molecule has 3 aliphatic rings. The molecular formula is C21H36N4O. The number of nitrogens with zero attached hydrogens (tertiary/aromatic N) is 1. The van der Waals surface area contributed by atoms with Crippen molar-refractivity contribution >= 4 is 12.2 Å². The third kappa shape index (κ3) is 3.83. The maximum Gasteiger partial charge on any atom is 0.206 e. The Balaban J connectivity index is 1.68. The van der Waals surface area contributed by atoms with Gasteiger partial charge in [0.25, 0.3) is 0 Å². The fourth-order valence-corrected chi connectivity index (χ4v) is 5.96. The van der Waals surface area contributed by atoms with Gasteiger partial charge in [-0.3, -0.25) is 5.41 Å². The van der Waals surface area contributed by atoms with Gasteiger partial charge >= 0.3 is 0 Å². The molecule has 3 saturated carbocycles. The van der Waals surface area contributed by atoms with E-state index in [1.54, 1.807) is 6.21 Å². The summed E-state index contributed by atoms with van der Waals surface area (Å²) in [5, 5.41) is 22.7. The van der Waals surface area contributed by atoms with Crippen molar-refractivity contribution in [3.63, 3.8) is 0 Å². The summed E-state index contributed by atoms with van der Waals surface area (Å²) in [5.74, 6) is 1.80. The smallest absolute Gasteiger partial charge is 0.206 e. The Kier molecular flexibility index (Phi) is 5.75. The predicted molar refractivity (Wildman–Crippen MR) is 107 cm³/mol. The molecule has 0 aromatic carbocycles. The van der Waals surface area contributed by atoms with Crippen molar-refractivity contribution in [3.8, 4) is 0 Å². The molecule has 4 atom stereocenters. The van der Waals surface area contributed by atoms with Crippen molar-refractivity contribution in [2.24, 2.45) is 34.0 Å². The highest BCUT2D eigenvalue weighted by molar-refractivity contribution is 5.80. The van der Waals surface area contributed by atoms with Crippen LogP contribution in [0.25, 0.3) is 0 Å². The molecule has 0 bridgehead atoms. The molecule has 0 spiro atoms. The van der Waals surface area contributed by atoms with Crippen molar-refractivity contribution < 1.29 is 5.11 Å². The van der Waals surface area contributed by atoms with Gasteiger partial charge < -0.3 is 10.8 Å². The number of aliphatic hydroxyl groups is 1. The SMILES string of the molecule is CC(=C[C@H]1CC[C@]2(O)C[C@@H](C3CCCCC3)CC[C@]12C)/C=N/NC(=N)N. The molecular weight excluding hydrogens is 324 g/mol. The van der Waals surface area contributed by atoms with Crippen LogP contribution < -0.4 is 11.2 Å². The molecule has 3 fully saturated rings. The minimum Gasteiger partial charge on any atom is -0.389 e. The van der Waals surface area contributed by atoms with Gasteiger partial charge in [-0.05, 0) is 62.4 Å². The molecule has 146 valence electrons. The van der Waals surface area contributed by atoms with Crippen LogP contribution in [0.2, 0.25) is 0 Å². The molecule has 26 heavy (non-hydrogen) atoms.